The molecule has 1 fully saturated rings. The fourth-order valence-corrected chi connectivity index (χ4v) is 3.37. The van der Waals surface area contributed by atoms with Gasteiger partial charge in [0.2, 0.25) is 0 Å². The van der Waals surface area contributed by atoms with Crippen LogP contribution in [0.4, 0.5) is 0 Å². The number of amides is 2. The van der Waals surface area contributed by atoms with E-state index in [1.165, 1.54) is 11.3 Å². The maximum atomic E-state index is 12.4. The van der Waals surface area contributed by atoms with Gasteiger partial charge >= 0.3 is 0 Å². The summed E-state index contributed by atoms with van der Waals surface area (Å²) in [4.78, 5) is 27.6. The van der Waals surface area contributed by atoms with E-state index in [1.807, 2.05) is 12.1 Å². The standard InChI is InChI=1S/C14H18ClN3O2S/c1-2-6-18(8-11-3-4-12(15)21-11)14(20)10-17-7-5-16-13(19)9-17/h2-4H,1,5-10H2,(H,16,19)/p+1. The number of nitrogens with zero attached hydrogens (tertiary/aromatic N) is 1. The molecular weight excluding hydrogens is 310 g/mol. The largest absolute Gasteiger partial charge is 0.346 e. The number of hydrogen-bond acceptors (Lipinski definition) is 3. The number of rotatable bonds is 6. The Hall–Kier alpha value is -1.37. The van der Waals surface area contributed by atoms with Gasteiger partial charge in [0.15, 0.2) is 13.1 Å². The molecule has 1 aliphatic heterocycles. The monoisotopic (exact) mass is 328 g/mol. The van der Waals surface area contributed by atoms with E-state index in [4.69, 9.17) is 11.6 Å². The Morgan fingerprint density at radius 3 is 3.00 bits per heavy atom. The molecule has 7 heteroatoms. The van der Waals surface area contributed by atoms with Gasteiger partial charge in [-0.1, -0.05) is 17.7 Å². The minimum Gasteiger partial charge on any atom is -0.346 e. The first-order chi connectivity index (χ1) is 10.1. The normalized spacial score (nSPS) is 18.1. The van der Waals surface area contributed by atoms with Crippen molar-refractivity contribution >= 4 is 34.8 Å². The second-order valence-electron chi connectivity index (χ2n) is 4.97. The zero-order valence-electron chi connectivity index (χ0n) is 11.7. The van der Waals surface area contributed by atoms with Gasteiger partial charge < -0.3 is 15.1 Å². The van der Waals surface area contributed by atoms with Crippen LogP contribution in [0.1, 0.15) is 4.88 Å². The highest BCUT2D eigenvalue weighted by molar-refractivity contribution is 7.16. The predicted molar refractivity (Wildman–Crippen MR) is 83.5 cm³/mol. The van der Waals surface area contributed by atoms with Crippen LogP contribution in [0.2, 0.25) is 4.34 Å². The van der Waals surface area contributed by atoms with Crippen LogP contribution in [-0.4, -0.2) is 49.4 Å². The summed E-state index contributed by atoms with van der Waals surface area (Å²) < 4.78 is 0.717. The highest BCUT2D eigenvalue weighted by Gasteiger charge is 2.24. The summed E-state index contributed by atoms with van der Waals surface area (Å²) in [5.74, 6) is 0.0356. The molecule has 0 aromatic carbocycles. The zero-order valence-corrected chi connectivity index (χ0v) is 13.3. The van der Waals surface area contributed by atoms with E-state index in [2.05, 4.69) is 11.9 Å². The summed E-state index contributed by atoms with van der Waals surface area (Å²) in [7, 11) is 0. The minimum absolute atomic E-state index is 0.00404. The van der Waals surface area contributed by atoms with Crippen molar-refractivity contribution in [3.63, 3.8) is 0 Å². The highest BCUT2D eigenvalue weighted by atomic mass is 35.5. The molecule has 2 heterocycles. The maximum absolute atomic E-state index is 12.4. The Balaban J connectivity index is 1.94. The topological polar surface area (TPSA) is 53.9 Å². The molecule has 0 spiro atoms. The fourth-order valence-electron chi connectivity index (χ4n) is 2.27. The summed E-state index contributed by atoms with van der Waals surface area (Å²) in [5.41, 5.74) is 0. The predicted octanol–water partition coefficient (Wildman–Crippen LogP) is -0.0692. The van der Waals surface area contributed by atoms with Crippen LogP contribution < -0.4 is 10.2 Å². The lowest BCUT2D eigenvalue weighted by Gasteiger charge is -2.26. The second kappa shape index (κ2) is 7.59. The molecule has 0 saturated carbocycles. The lowest BCUT2D eigenvalue weighted by Crippen LogP contribution is -3.16. The van der Waals surface area contributed by atoms with Crippen LogP contribution in [0.5, 0.6) is 0 Å². The summed E-state index contributed by atoms with van der Waals surface area (Å²) in [5, 5.41) is 2.77. The second-order valence-corrected chi connectivity index (χ2v) is 6.77. The van der Waals surface area contributed by atoms with E-state index in [0.717, 1.165) is 16.3 Å². The van der Waals surface area contributed by atoms with Gasteiger partial charge in [-0.3, -0.25) is 9.59 Å². The molecule has 2 amide bonds. The Kier molecular flexibility index (Phi) is 5.78. The third kappa shape index (κ3) is 4.84. The molecule has 1 saturated heterocycles. The Bertz CT molecular complexity index is 532. The molecule has 0 bridgehead atoms. The molecule has 21 heavy (non-hydrogen) atoms. The minimum atomic E-state index is 0.00404. The molecule has 2 N–H and O–H groups in total. The number of carbonyl (C=O) groups excluding carboxylic acids is 2. The van der Waals surface area contributed by atoms with Crippen molar-refractivity contribution in [2.24, 2.45) is 0 Å². The molecular formula is C14H19ClN3O2S+. The molecule has 1 aromatic heterocycles. The number of piperazine rings is 1. The van der Waals surface area contributed by atoms with Crippen LogP contribution in [0.25, 0.3) is 0 Å². The SMILES string of the molecule is C=CCN(Cc1ccc(Cl)s1)C(=O)C[NH+]1CCNC(=O)C1. The van der Waals surface area contributed by atoms with Gasteiger partial charge in [-0.25, -0.2) is 0 Å². The van der Waals surface area contributed by atoms with E-state index in [-0.39, 0.29) is 11.8 Å². The van der Waals surface area contributed by atoms with E-state index >= 15 is 0 Å². The van der Waals surface area contributed by atoms with Crippen LogP contribution in [0.15, 0.2) is 24.8 Å². The first kappa shape index (κ1) is 16.0. The van der Waals surface area contributed by atoms with Gasteiger partial charge in [0.1, 0.15) is 0 Å². The first-order valence-electron chi connectivity index (χ1n) is 6.81. The summed E-state index contributed by atoms with van der Waals surface area (Å²) in [6.45, 7) is 6.83. The van der Waals surface area contributed by atoms with E-state index in [0.29, 0.717) is 37.1 Å². The number of nitrogens with one attached hydrogen (secondary N) is 2. The number of carbonyl (C=O) groups is 2. The summed E-state index contributed by atoms with van der Waals surface area (Å²) in [6.07, 6.45) is 1.71. The van der Waals surface area contributed by atoms with Crippen molar-refractivity contribution in [2.45, 2.75) is 6.54 Å². The van der Waals surface area contributed by atoms with Gasteiger partial charge in [-0.2, -0.15) is 0 Å². The molecule has 114 valence electrons. The van der Waals surface area contributed by atoms with Crippen molar-refractivity contribution in [2.75, 3.05) is 32.7 Å². The van der Waals surface area contributed by atoms with Crippen molar-refractivity contribution in [1.82, 2.24) is 10.2 Å². The van der Waals surface area contributed by atoms with Gasteiger partial charge in [0, 0.05) is 11.4 Å². The van der Waals surface area contributed by atoms with E-state index < -0.39 is 0 Å². The highest BCUT2D eigenvalue weighted by Crippen LogP contribution is 2.22. The molecule has 1 unspecified atom stereocenters. The smallest absolute Gasteiger partial charge is 0.278 e. The first-order valence-corrected chi connectivity index (χ1v) is 8.01. The van der Waals surface area contributed by atoms with Crippen molar-refractivity contribution in [3.05, 3.63) is 34.0 Å². The molecule has 1 aliphatic rings. The Morgan fingerprint density at radius 2 is 2.38 bits per heavy atom. The van der Waals surface area contributed by atoms with Gasteiger partial charge in [0.25, 0.3) is 11.8 Å². The lowest BCUT2D eigenvalue weighted by atomic mass is 10.3. The van der Waals surface area contributed by atoms with Crippen LogP contribution >= 0.6 is 22.9 Å². The van der Waals surface area contributed by atoms with E-state index in [1.54, 1.807) is 11.0 Å². The van der Waals surface area contributed by atoms with Crippen molar-refractivity contribution in [3.8, 4) is 0 Å². The van der Waals surface area contributed by atoms with E-state index in [9.17, 15) is 9.59 Å². The van der Waals surface area contributed by atoms with Crippen LogP contribution in [0, 0.1) is 0 Å². The lowest BCUT2D eigenvalue weighted by molar-refractivity contribution is -0.885. The summed E-state index contributed by atoms with van der Waals surface area (Å²) in [6, 6.07) is 3.76. The average molecular weight is 329 g/mol. The fraction of sp³-hybridized carbons (Fsp3) is 0.429. The molecule has 1 aromatic rings. The van der Waals surface area contributed by atoms with Crippen LogP contribution in [0.3, 0.4) is 0 Å². The molecule has 1 atom stereocenters. The average Bonchev–Trinajstić information content (AvgIpc) is 2.84. The van der Waals surface area contributed by atoms with Crippen molar-refractivity contribution < 1.29 is 14.5 Å². The third-order valence-corrected chi connectivity index (χ3v) is 4.51. The Labute approximate surface area is 133 Å². The number of halogens is 1. The number of hydrogen-bond donors (Lipinski definition) is 2. The molecule has 2 rings (SSSR count). The number of quaternary nitrogens is 1. The Morgan fingerprint density at radius 1 is 1.57 bits per heavy atom. The quantitative estimate of drug-likeness (QED) is 0.718. The van der Waals surface area contributed by atoms with Crippen molar-refractivity contribution in [1.29, 1.82) is 0 Å². The molecule has 5 nitrogen and oxygen atoms in total. The third-order valence-electron chi connectivity index (χ3n) is 3.29. The van der Waals surface area contributed by atoms with Gasteiger partial charge in [0.05, 0.1) is 24.0 Å². The van der Waals surface area contributed by atoms with Gasteiger partial charge in [-0.05, 0) is 12.1 Å². The molecule has 0 radical (unpaired) electrons. The summed E-state index contributed by atoms with van der Waals surface area (Å²) >= 11 is 7.39. The van der Waals surface area contributed by atoms with Crippen LogP contribution in [-0.2, 0) is 16.1 Å². The molecule has 0 aliphatic carbocycles. The number of thiophene rings is 1. The maximum Gasteiger partial charge on any atom is 0.278 e. The zero-order chi connectivity index (χ0) is 15.2. The van der Waals surface area contributed by atoms with Gasteiger partial charge in [-0.15, -0.1) is 17.9 Å².